The number of carbonyl (C=O) groups excluding carboxylic acids is 2. The average molecular weight is 413 g/mol. The summed E-state index contributed by atoms with van der Waals surface area (Å²) in [6.07, 6.45) is 4.08. The van der Waals surface area contributed by atoms with Crippen LogP contribution in [-0.4, -0.2) is 38.7 Å². The maximum atomic E-state index is 11.9. The number of methoxy groups -OCH3 is 2. The highest BCUT2D eigenvalue weighted by Gasteiger charge is 2.36. The van der Waals surface area contributed by atoms with Crippen LogP contribution < -0.4 is 0 Å². The fraction of sp³-hybridized carbons (Fsp3) is 0.333. The highest BCUT2D eigenvalue weighted by Crippen LogP contribution is 2.63. The molecule has 0 saturated heterocycles. The number of rotatable bonds is 4. The number of carbonyl (C=O) groups is 2. The number of hydrogen-bond donors (Lipinski definition) is 0. The van der Waals surface area contributed by atoms with Crippen LogP contribution in [0.4, 0.5) is 0 Å². The highest BCUT2D eigenvalue weighted by atomic mass is 32.3. The molecule has 0 bridgehead atoms. The molecule has 0 aromatic rings. The Morgan fingerprint density at radius 3 is 1.45 bits per heavy atom. The predicted octanol–water partition coefficient (Wildman–Crippen LogP) is 4.48. The molecule has 0 atom stereocenters. The van der Waals surface area contributed by atoms with Crippen molar-refractivity contribution in [3.8, 4) is 0 Å². The zero-order valence-electron chi connectivity index (χ0n) is 12.1. The smallest absolute Gasteiger partial charge is 0.346 e. The number of esters is 2. The first-order valence-corrected chi connectivity index (χ1v) is 11.5. The lowest BCUT2D eigenvalue weighted by molar-refractivity contribution is -0.138. The summed E-state index contributed by atoms with van der Waals surface area (Å²) in [7, 11) is 2.61. The average Bonchev–Trinajstić information content (AvgIpc) is 3.16. The summed E-state index contributed by atoms with van der Waals surface area (Å²) in [5.41, 5.74) is 0. The Balaban J connectivity index is 2.27. The first-order valence-electron chi connectivity index (χ1n) is 5.74. The second-order valence-corrected chi connectivity index (χ2v) is 10.4. The van der Waals surface area contributed by atoms with Crippen LogP contribution in [0.15, 0.2) is 26.8 Å². The van der Waals surface area contributed by atoms with Gasteiger partial charge < -0.3 is 9.47 Å². The summed E-state index contributed by atoms with van der Waals surface area (Å²) in [4.78, 5) is 24.3. The fourth-order valence-corrected chi connectivity index (χ4v) is 9.24. The van der Waals surface area contributed by atoms with Gasteiger partial charge in [0.15, 0.2) is 0 Å². The zero-order valence-corrected chi connectivity index (χ0v) is 17.0. The molecule has 2 aliphatic heterocycles. The van der Waals surface area contributed by atoms with Gasteiger partial charge in [-0.3, -0.25) is 0 Å². The minimum Gasteiger partial charge on any atom is -0.465 e. The second-order valence-electron chi connectivity index (χ2n) is 3.61. The molecule has 10 heteroatoms. The molecule has 2 heterocycles. The van der Waals surface area contributed by atoms with Crippen molar-refractivity contribution >= 4 is 82.5 Å². The van der Waals surface area contributed by atoms with E-state index < -0.39 is 11.9 Å². The molecular formula is C12H12O4S6. The van der Waals surface area contributed by atoms with Gasteiger partial charge in [0.1, 0.15) is 9.81 Å². The number of thioether (sulfide) groups is 6. The van der Waals surface area contributed by atoms with Gasteiger partial charge in [0.2, 0.25) is 0 Å². The van der Waals surface area contributed by atoms with Gasteiger partial charge in [-0.1, -0.05) is 47.0 Å². The van der Waals surface area contributed by atoms with E-state index in [9.17, 15) is 9.59 Å². The van der Waals surface area contributed by atoms with Crippen LogP contribution in [0.1, 0.15) is 0 Å². The Hall–Kier alpha value is 0.260. The summed E-state index contributed by atoms with van der Waals surface area (Å²) < 4.78 is 14.0. The summed E-state index contributed by atoms with van der Waals surface area (Å²) in [6.45, 7) is 0. The van der Waals surface area contributed by atoms with Crippen molar-refractivity contribution in [2.75, 3.05) is 26.7 Å². The van der Waals surface area contributed by atoms with Gasteiger partial charge >= 0.3 is 11.9 Å². The van der Waals surface area contributed by atoms with Crippen molar-refractivity contribution in [2.45, 2.75) is 0 Å². The lowest BCUT2D eigenvalue weighted by atomic mass is 10.5. The maximum absolute atomic E-state index is 11.9. The molecule has 0 unspecified atom stereocenters. The van der Waals surface area contributed by atoms with Gasteiger partial charge in [-0.05, 0) is 12.5 Å². The molecule has 0 fully saturated rings. The van der Waals surface area contributed by atoms with E-state index in [4.69, 9.17) is 9.47 Å². The lowest BCUT2D eigenvalue weighted by Crippen LogP contribution is -2.08. The van der Waals surface area contributed by atoms with Crippen molar-refractivity contribution in [3.05, 3.63) is 26.8 Å². The van der Waals surface area contributed by atoms with Gasteiger partial charge in [0, 0.05) is 0 Å². The third-order valence-electron chi connectivity index (χ3n) is 2.41. The largest absolute Gasteiger partial charge is 0.465 e. The molecule has 0 N–H and O–H groups in total. The van der Waals surface area contributed by atoms with Gasteiger partial charge in [0.25, 0.3) is 0 Å². The standard InChI is InChI=1S/C12H12O4S6/c1-15-7(13)5-6(8(14)16-2)20-11(19-5)12-21-9(17-3)10(18-4)22-12/h1-4H3. The molecule has 2 rings (SSSR count). The second kappa shape index (κ2) is 8.39. The molecule has 0 aromatic carbocycles. The fourth-order valence-electron chi connectivity index (χ4n) is 1.44. The molecule has 22 heavy (non-hydrogen) atoms. The molecule has 120 valence electrons. The Labute approximate surface area is 154 Å². The van der Waals surface area contributed by atoms with E-state index in [0.717, 1.165) is 8.47 Å². The van der Waals surface area contributed by atoms with Crippen molar-refractivity contribution in [2.24, 2.45) is 0 Å². The lowest BCUT2D eigenvalue weighted by Gasteiger charge is -2.01. The van der Waals surface area contributed by atoms with Gasteiger partial charge in [-0.25, -0.2) is 9.59 Å². The van der Waals surface area contributed by atoms with Crippen molar-refractivity contribution in [1.82, 2.24) is 0 Å². The third-order valence-corrected chi connectivity index (χ3v) is 10.7. The highest BCUT2D eigenvalue weighted by molar-refractivity contribution is 8.42. The van der Waals surface area contributed by atoms with E-state index in [0.29, 0.717) is 9.81 Å². The summed E-state index contributed by atoms with van der Waals surface area (Å²) in [6, 6.07) is 0. The molecule has 0 aromatic heterocycles. The summed E-state index contributed by atoms with van der Waals surface area (Å²) in [5, 5.41) is 0. The Morgan fingerprint density at radius 2 is 1.14 bits per heavy atom. The van der Waals surface area contributed by atoms with E-state index in [1.54, 1.807) is 47.0 Å². The van der Waals surface area contributed by atoms with E-state index in [2.05, 4.69) is 0 Å². The number of ether oxygens (including phenoxy) is 2. The summed E-state index contributed by atoms with van der Waals surface area (Å²) >= 11 is 9.31. The first-order chi connectivity index (χ1) is 10.5. The number of hydrogen-bond acceptors (Lipinski definition) is 10. The van der Waals surface area contributed by atoms with Gasteiger partial charge in [0.05, 0.1) is 31.2 Å². The maximum Gasteiger partial charge on any atom is 0.346 e. The normalized spacial score (nSPS) is 18.4. The predicted molar refractivity (Wildman–Crippen MR) is 103 cm³/mol. The molecule has 0 spiro atoms. The molecule has 2 aliphatic rings. The first kappa shape index (κ1) is 18.6. The molecule has 0 saturated carbocycles. The molecular weight excluding hydrogens is 401 g/mol. The van der Waals surface area contributed by atoms with E-state index in [1.165, 1.54) is 46.2 Å². The Kier molecular flexibility index (Phi) is 7.09. The molecule has 4 nitrogen and oxygen atoms in total. The zero-order chi connectivity index (χ0) is 16.3. The van der Waals surface area contributed by atoms with Crippen LogP contribution >= 0.6 is 70.6 Å². The third kappa shape index (κ3) is 3.84. The molecule has 0 radical (unpaired) electrons. The topological polar surface area (TPSA) is 52.6 Å². The minimum atomic E-state index is -0.510. The Bertz CT molecular complexity index is 559. The molecule has 0 amide bonds. The Morgan fingerprint density at radius 1 is 0.773 bits per heavy atom. The van der Waals surface area contributed by atoms with Crippen molar-refractivity contribution in [3.63, 3.8) is 0 Å². The monoisotopic (exact) mass is 412 g/mol. The van der Waals surface area contributed by atoms with Gasteiger partial charge in [-0.2, -0.15) is 0 Å². The van der Waals surface area contributed by atoms with Crippen LogP contribution in [0, 0.1) is 0 Å². The van der Waals surface area contributed by atoms with Crippen LogP contribution in [0.3, 0.4) is 0 Å². The van der Waals surface area contributed by atoms with E-state index in [-0.39, 0.29) is 0 Å². The van der Waals surface area contributed by atoms with Crippen LogP contribution in [0.2, 0.25) is 0 Å². The van der Waals surface area contributed by atoms with Crippen LogP contribution in [0.5, 0.6) is 0 Å². The quantitative estimate of drug-likeness (QED) is 0.618. The van der Waals surface area contributed by atoms with Crippen LogP contribution in [0.25, 0.3) is 0 Å². The van der Waals surface area contributed by atoms with Gasteiger partial charge in [-0.15, -0.1) is 23.5 Å². The molecule has 0 aliphatic carbocycles. The van der Waals surface area contributed by atoms with E-state index in [1.807, 2.05) is 12.5 Å². The van der Waals surface area contributed by atoms with Crippen LogP contribution in [-0.2, 0) is 19.1 Å². The minimum absolute atomic E-state index is 0.298. The van der Waals surface area contributed by atoms with Crippen molar-refractivity contribution in [1.29, 1.82) is 0 Å². The summed E-state index contributed by atoms with van der Waals surface area (Å²) in [5.74, 6) is -1.02. The van der Waals surface area contributed by atoms with Crippen molar-refractivity contribution < 1.29 is 19.1 Å². The SMILES string of the molecule is COC(=O)C1=C(C(=O)OC)SC(=C2SC(SC)=C(SC)S2)S1. The van der Waals surface area contributed by atoms with E-state index >= 15 is 0 Å².